The predicted molar refractivity (Wildman–Crippen MR) is 210 cm³/mol. The second-order valence-electron chi connectivity index (χ2n) is 13.4. The van der Waals surface area contributed by atoms with Gasteiger partial charge in [-0.3, -0.25) is 5.32 Å². The SMILES string of the molecule is C1=Cc2oc3c(-c4ccc5c(c4)oc4c(C6N=C(c7ccccc7)NC(c7ccc8c(c7)sc7ccccc78)N6)cccc45)cccc3c2CC1. The number of aryl methyl sites for hydroxylation is 1. The minimum Gasteiger partial charge on any atom is -0.456 e. The molecule has 2 aliphatic rings. The van der Waals surface area contributed by atoms with Crippen LogP contribution in [0.2, 0.25) is 0 Å². The van der Waals surface area contributed by atoms with Crippen LogP contribution in [0.15, 0.2) is 147 Å². The first-order chi connectivity index (χ1) is 25.2. The third-order valence-corrected chi connectivity index (χ3v) is 11.6. The van der Waals surface area contributed by atoms with E-state index in [1.165, 1.54) is 31.1 Å². The number of thiophene rings is 1. The number of rotatable bonds is 4. The second kappa shape index (κ2) is 11.3. The lowest BCUT2D eigenvalue weighted by Crippen LogP contribution is -2.45. The Labute approximate surface area is 297 Å². The van der Waals surface area contributed by atoms with Crippen molar-refractivity contribution in [2.45, 2.75) is 25.2 Å². The number of furan rings is 2. The number of nitrogens with one attached hydrogen (secondary N) is 2. The van der Waals surface area contributed by atoms with Crippen LogP contribution in [-0.2, 0) is 6.42 Å². The Morgan fingerprint density at radius 3 is 2.43 bits per heavy atom. The minimum atomic E-state index is -0.343. The fourth-order valence-electron chi connectivity index (χ4n) is 7.98. The van der Waals surface area contributed by atoms with Crippen LogP contribution >= 0.6 is 11.3 Å². The van der Waals surface area contributed by atoms with Crippen molar-refractivity contribution in [3.8, 4) is 11.1 Å². The molecule has 51 heavy (non-hydrogen) atoms. The van der Waals surface area contributed by atoms with Gasteiger partial charge in [0.2, 0.25) is 0 Å². The van der Waals surface area contributed by atoms with Gasteiger partial charge in [-0.2, -0.15) is 0 Å². The van der Waals surface area contributed by atoms with Gasteiger partial charge < -0.3 is 14.2 Å². The summed E-state index contributed by atoms with van der Waals surface area (Å²) in [6, 6.07) is 45.2. The number of fused-ring (bicyclic) bond motifs is 9. The van der Waals surface area contributed by atoms with E-state index >= 15 is 0 Å². The van der Waals surface area contributed by atoms with E-state index in [2.05, 4.69) is 144 Å². The molecule has 2 atom stereocenters. The maximum absolute atomic E-state index is 6.80. The van der Waals surface area contributed by atoms with Crippen LogP contribution < -0.4 is 10.6 Å². The number of benzene rings is 6. The molecular formula is C45H31N3O2S. The fraction of sp³-hybridized carbons (Fsp3) is 0.0889. The zero-order chi connectivity index (χ0) is 33.5. The molecule has 0 spiro atoms. The highest BCUT2D eigenvalue weighted by atomic mass is 32.1. The first kappa shape index (κ1) is 28.8. The zero-order valence-electron chi connectivity index (χ0n) is 27.5. The third-order valence-electron chi connectivity index (χ3n) is 10.5. The minimum absolute atomic E-state index is 0.169. The quantitative estimate of drug-likeness (QED) is 0.195. The van der Waals surface area contributed by atoms with Gasteiger partial charge >= 0.3 is 0 Å². The molecule has 11 rings (SSSR count). The lowest BCUT2D eigenvalue weighted by Gasteiger charge is -2.32. The molecule has 4 heterocycles. The maximum atomic E-state index is 6.80. The summed E-state index contributed by atoms with van der Waals surface area (Å²) in [7, 11) is 0. The van der Waals surface area contributed by atoms with E-state index in [-0.39, 0.29) is 12.3 Å². The fourth-order valence-corrected chi connectivity index (χ4v) is 9.14. The molecule has 0 saturated carbocycles. The van der Waals surface area contributed by atoms with Crippen molar-refractivity contribution >= 4 is 76.3 Å². The van der Waals surface area contributed by atoms with Crippen LogP contribution in [0.25, 0.3) is 70.3 Å². The first-order valence-corrected chi connectivity index (χ1v) is 18.3. The normalized spacial score (nSPS) is 17.4. The highest BCUT2D eigenvalue weighted by Crippen LogP contribution is 2.41. The highest BCUT2D eigenvalue weighted by Gasteiger charge is 2.28. The van der Waals surface area contributed by atoms with E-state index in [0.717, 1.165) is 79.8 Å². The Bertz CT molecular complexity index is 2890. The van der Waals surface area contributed by atoms with Crippen LogP contribution in [0, 0.1) is 0 Å². The van der Waals surface area contributed by atoms with Gasteiger partial charge in [0.1, 0.15) is 40.7 Å². The summed E-state index contributed by atoms with van der Waals surface area (Å²) in [6.07, 6.45) is 5.85. The summed E-state index contributed by atoms with van der Waals surface area (Å²) in [5.74, 6) is 1.82. The average molecular weight is 678 g/mol. The number of nitrogens with zero attached hydrogens (tertiary/aromatic N) is 1. The van der Waals surface area contributed by atoms with Crippen molar-refractivity contribution in [2.24, 2.45) is 4.99 Å². The van der Waals surface area contributed by atoms with Gasteiger partial charge in [-0.05, 0) is 54.3 Å². The lowest BCUT2D eigenvalue weighted by molar-refractivity contribution is 0.408. The topological polar surface area (TPSA) is 62.7 Å². The Hall–Kier alpha value is -5.95. The number of hydrogen-bond acceptors (Lipinski definition) is 6. The van der Waals surface area contributed by atoms with Crippen molar-refractivity contribution in [3.63, 3.8) is 0 Å². The lowest BCUT2D eigenvalue weighted by atomic mass is 9.97. The molecule has 9 aromatic rings. The Morgan fingerprint density at radius 2 is 1.47 bits per heavy atom. The number of amidine groups is 1. The smallest absolute Gasteiger partial charge is 0.142 e. The number of para-hydroxylation sites is 2. The van der Waals surface area contributed by atoms with E-state index in [9.17, 15) is 0 Å². The van der Waals surface area contributed by atoms with Crippen LogP contribution in [0.5, 0.6) is 0 Å². The Morgan fingerprint density at radius 1 is 0.647 bits per heavy atom. The molecular weight excluding hydrogens is 647 g/mol. The van der Waals surface area contributed by atoms with Crippen LogP contribution in [0.4, 0.5) is 0 Å². The van der Waals surface area contributed by atoms with Crippen LogP contribution in [0.3, 0.4) is 0 Å². The van der Waals surface area contributed by atoms with Gasteiger partial charge in [0, 0.05) is 58.6 Å². The van der Waals surface area contributed by atoms with Crippen LogP contribution in [-0.4, -0.2) is 5.84 Å². The van der Waals surface area contributed by atoms with Gasteiger partial charge in [0.15, 0.2) is 0 Å². The zero-order valence-corrected chi connectivity index (χ0v) is 28.3. The summed E-state index contributed by atoms with van der Waals surface area (Å²) in [4.78, 5) is 5.27. The standard InChI is InChI=1S/C45H31N3O2S/c1-2-10-26(11-3-1)43-46-44(28-21-23-33-32-13-5-7-19-39(32)51-40(33)25-28)48-45(47-43)36-17-9-16-35-31-22-20-27(24-38(31)50-42(35)36)29-14-8-15-34-30-12-4-6-18-37(30)49-41(29)34/h1-3,5-11,13-25,44-45,48H,4,12H2,(H,46,47). The van der Waals surface area contributed by atoms with E-state index in [0.29, 0.717) is 0 Å². The molecule has 2 unspecified atom stereocenters. The second-order valence-corrected chi connectivity index (χ2v) is 14.5. The third kappa shape index (κ3) is 4.61. The van der Waals surface area contributed by atoms with Crippen molar-refractivity contribution in [3.05, 3.63) is 161 Å². The molecule has 3 aromatic heterocycles. The Kier molecular flexibility index (Phi) is 6.38. The number of aliphatic imine (C=N–C) groups is 1. The van der Waals surface area contributed by atoms with Crippen molar-refractivity contribution in [1.29, 1.82) is 0 Å². The van der Waals surface area contributed by atoms with E-state index < -0.39 is 0 Å². The molecule has 0 bridgehead atoms. The molecule has 1 aliphatic carbocycles. The van der Waals surface area contributed by atoms with E-state index in [1.54, 1.807) is 0 Å². The molecule has 5 nitrogen and oxygen atoms in total. The summed E-state index contributed by atoms with van der Waals surface area (Å²) in [5, 5.41) is 13.5. The van der Waals surface area contributed by atoms with Gasteiger partial charge in [0.05, 0.1) is 0 Å². The van der Waals surface area contributed by atoms with Crippen molar-refractivity contribution < 1.29 is 8.83 Å². The summed E-state index contributed by atoms with van der Waals surface area (Å²) in [5.41, 5.74) is 9.28. The van der Waals surface area contributed by atoms with E-state index in [4.69, 9.17) is 13.8 Å². The van der Waals surface area contributed by atoms with E-state index in [1.807, 2.05) is 17.4 Å². The molecule has 244 valence electrons. The van der Waals surface area contributed by atoms with Gasteiger partial charge in [-0.25, -0.2) is 4.99 Å². The molecule has 1 aliphatic heterocycles. The average Bonchev–Trinajstić information content (AvgIpc) is 3.88. The molecule has 0 fully saturated rings. The predicted octanol–water partition coefficient (Wildman–Crippen LogP) is 11.7. The maximum Gasteiger partial charge on any atom is 0.142 e. The van der Waals surface area contributed by atoms with Gasteiger partial charge in [-0.1, -0.05) is 109 Å². The first-order valence-electron chi connectivity index (χ1n) is 17.5. The molecule has 2 N–H and O–H groups in total. The monoisotopic (exact) mass is 677 g/mol. The van der Waals surface area contributed by atoms with Gasteiger partial charge in [-0.15, -0.1) is 11.3 Å². The molecule has 6 heteroatoms. The highest BCUT2D eigenvalue weighted by molar-refractivity contribution is 7.25. The number of hydrogen-bond donors (Lipinski definition) is 2. The molecule has 0 amide bonds. The van der Waals surface area contributed by atoms with Crippen LogP contribution in [0.1, 0.15) is 46.8 Å². The van der Waals surface area contributed by atoms with Crippen molar-refractivity contribution in [1.82, 2.24) is 10.6 Å². The molecule has 0 saturated heterocycles. The summed E-state index contributed by atoms with van der Waals surface area (Å²) < 4.78 is 15.8. The molecule has 6 aromatic carbocycles. The van der Waals surface area contributed by atoms with Crippen molar-refractivity contribution in [2.75, 3.05) is 0 Å². The largest absolute Gasteiger partial charge is 0.456 e. The Balaban J connectivity index is 1.02. The summed E-state index contributed by atoms with van der Waals surface area (Å²) >= 11 is 1.84. The molecule has 0 radical (unpaired) electrons. The van der Waals surface area contributed by atoms with Gasteiger partial charge in [0.25, 0.3) is 0 Å². The summed E-state index contributed by atoms with van der Waals surface area (Å²) in [6.45, 7) is 0. The number of allylic oxidation sites excluding steroid dienone is 1.